The second-order valence-electron chi connectivity index (χ2n) is 14.0. The molecule has 0 saturated carbocycles. The largest absolute Gasteiger partial charge is 0.491 e. The number of pyridine rings is 6. The first-order chi connectivity index (χ1) is 30.7. The lowest BCUT2D eigenvalue weighted by atomic mass is 10.0. The third kappa shape index (κ3) is 12.1. The minimum absolute atomic E-state index is 0.381. The van der Waals surface area contributed by atoms with E-state index in [4.69, 9.17) is 38.4 Å². The number of benzene rings is 2. The van der Waals surface area contributed by atoms with Crippen LogP contribution in [0.25, 0.3) is 56.3 Å². The van der Waals surface area contributed by atoms with Crippen molar-refractivity contribution in [3.63, 3.8) is 0 Å². The van der Waals surface area contributed by atoms with Gasteiger partial charge in [0.1, 0.15) is 24.7 Å². The summed E-state index contributed by atoms with van der Waals surface area (Å²) in [7, 11) is 0. The van der Waals surface area contributed by atoms with Crippen LogP contribution in [0, 0.1) is 0 Å². The number of nitrogens with zero attached hydrogens (tertiary/aromatic N) is 6. The number of rotatable bonds is 22. The summed E-state index contributed by atoms with van der Waals surface area (Å²) in [6.45, 7) is 4.46. The molecule has 0 unspecified atom stereocenters. The second kappa shape index (κ2) is 22.0. The van der Waals surface area contributed by atoms with E-state index in [0.717, 1.165) is 44.7 Å². The molecule has 2 aromatic carbocycles. The molecule has 0 saturated heterocycles. The molecule has 312 valence electrons. The van der Waals surface area contributed by atoms with Crippen molar-refractivity contribution < 1.29 is 28.4 Å². The summed E-state index contributed by atoms with van der Waals surface area (Å²) in [5, 5.41) is 2.29. The monoisotopic (exact) mass is 826 g/mol. The Kier molecular flexibility index (Phi) is 14.8. The molecule has 0 spiro atoms. The molecule has 0 amide bonds. The molecule has 0 fully saturated rings. The molecule has 6 aromatic heterocycles. The fraction of sp³-hybridized carbons (Fsp3) is 0.200. The smallest absolute Gasteiger partial charge is 0.123 e. The molecular formula is C50H46N6O6. The Bertz CT molecular complexity index is 2310. The van der Waals surface area contributed by atoms with Gasteiger partial charge < -0.3 is 28.4 Å². The van der Waals surface area contributed by atoms with Gasteiger partial charge in [-0.1, -0.05) is 48.5 Å². The van der Waals surface area contributed by atoms with Gasteiger partial charge in [0.25, 0.3) is 0 Å². The van der Waals surface area contributed by atoms with E-state index in [0.29, 0.717) is 100 Å². The van der Waals surface area contributed by atoms with Gasteiger partial charge in [0, 0.05) is 49.1 Å². The molecular weight excluding hydrogens is 781 g/mol. The van der Waals surface area contributed by atoms with Crippen LogP contribution in [0.5, 0.6) is 11.5 Å². The molecule has 0 aliphatic heterocycles. The highest BCUT2D eigenvalue weighted by atomic mass is 16.5. The van der Waals surface area contributed by atoms with Gasteiger partial charge in [-0.15, -0.1) is 0 Å². The summed E-state index contributed by atoms with van der Waals surface area (Å²) in [5.41, 5.74) is 8.11. The van der Waals surface area contributed by atoms with E-state index in [2.05, 4.69) is 56.3 Å². The molecule has 0 radical (unpaired) electrons. The van der Waals surface area contributed by atoms with Gasteiger partial charge in [-0.3, -0.25) is 19.9 Å². The first-order valence-electron chi connectivity index (χ1n) is 20.5. The van der Waals surface area contributed by atoms with Crippen molar-refractivity contribution in [3.05, 3.63) is 169 Å². The molecule has 0 bridgehead atoms. The zero-order valence-electron chi connectivity index (χ0n) is 34.2. The number of aromatic nitrogens is 6. The summed E-state index contributed by atoms with van der Waals surface area (Å²) in [6, 6.07) is 43.2. The lowest BCUT2D eigenvalue weighted by Gasteiger charge is -2.11. The van der Waals surface area contributed by atoms with Gasteiger partial charge in [0.05, 0.1) is 98.4 Å². The fourth-order valence-electron chi connectivity index (χ4n) is 6.54. The third-order valence-corrected chi connectivity index (χ3v) is 9.55. The van der Waals surface area contributed by atoms with Crippen molar-refractivity contribution >= 4 is 10.8 Å². The van der Waals surface area contributed by atoms with E-state index < -0.39 is 0 Å². The topological polar surface area (TPSA) is 133 Å². The van der Waals surface area contributed by atoms with Crippen molar-refractivity contribution in [3.8, 4) is 57.1 Å². The average Bonchev–Trinajstić information content (AvgIpc) is 3.34. The van der Waals surface area contributed by atoms with Crippen molar-refractivity contribution in [2.24, 2.45) is 0 Å². The molecule has 0 atom stereocenters. The quantitative estimate of drug-likeness (QED) is 0.0604. The number of fused-ring (bicyclic) bond motifs is 1. The van der Waals surface area contributed by atoms with Gasteiger partial charge in [0.15, 0.2) is 0 Å². The SMILES string of the molecule is c1ccc(-c2cc(OCCOCCOCc3ccc4cc(COCCOCCOc5cc(-c6ccccn6)nc(-c6ccccn6)c5)ccc4c3)cc(-c3ccccn3)n2)nc1. The van der Waals surface area contributed by atoms with Crippen LogP contribution in [0.1, 0.15) is 11.1 Å². The van der Waals surface area contributed by atoms with Crippen LogP contribution in [-0.4, -0.2) is 82.8 Å². The van der Waals surface area contributed by atoms with Crippen LogP contribution in [0.15, 0.2) is 158 Å². The van der Waals surface area contributed by atoms with E-state index in [1.54, 1.807) is 24.8 Å². The Morgan fingerprint density at radius 3 is 0.984 bits per heavy atom. The van der Waals surface area contributed by atoms with Crippen molar-refractivity contribution in [1.82, 2.24) is 29.9 Å². The van der Waals surface area contributed by atoms with E-state index >= 15 is 0 Å². The van der Waals surface area contributed by atoms with E-state index in [1.807, 2.05) is 97.1 Å². The average molecular weight is 827 g/mol. The summed E-state index contributed by atoms with van der Waals surface area (Å²) < 4.78 is 35.5. The van der Waals surface area contributed by atoms with Crippen LogP contribution in [-0.2, 0) is 32.2 Å². The predicted molar refractivity (Wildman–Crippen MR) is 237 cm³/mol. The molecule has 12 nitrogen and oxygen atoms in total. The van der Waals surface area contributed by atoms with Gasteiger partial charge in [-0.25, -0.2) is 9.97 Å². The van der Waals surface area contributed by atoms with Crippen LogP contribution in [0.2, 0.25) is 0 Å². The Labute approximate surface area is 360 Å². The van der Waals surface area contributed by atoms with Crippen molar-refractivity contribution in [2.45, 2.75) is 13.2 Å². The number of ether oxygens (including phenoxy) is 6. The highest BCUT2D eigenvalue weighted by molar-refractivity contribution is 5.83. The van der Waals surface area contributed by atoms with Crippen molar-refractivity contribution in [2.75, 3.05) is 52.9 Å². The lowest BCUT2D eigenvalue weighted by molar-refractivity contribution is 0.0303. The summed E-state index contributed by atoms with van der Waals surface area (Å²) in [5.74, 6) is 1.35. The first kappa shape index (κ1) is 41.8. The minimum Gasteiger partial charge on any atom is -0.491 e. The van der Waals surface area contributed by atoms with E-state index in [-0.39, 0.29) is 0 Å². The van der Waals surface area contributed by atoms with Gasteiger partial charge in [-0.2, -0.15) is 0 Å². The van der Waals surface area contributed by atoms with E-state index in [1.165, 1.54) is 0 Å². The summed E-state index contributed by atoms with van der Waals surface area (Å²) in [4.78, 5) is 27.4. The molecule has 0 N–H and O–H groups in total. The Morgan fingerprint density at radius 2 is 0.645 bits per heavy atom. The van der Waals surface area contributed by atoms with Crippen LogP contribution < -0.4 is 9.47 Å². The lowest BCUT2D eigenvalue weighted by Crippen LogP contribution is -2.11. The number of hydrogen-bond donors (Lipinski definition) is 0. The Hall–Kier alpha value is -6.96. The van der Waals surface area contributed by atoms with Gasteiger partial charge >= 0.3 is 0 Å². The van der Waals surface area contributed by atoms with Gasteiger partial charge in [0.2, 0.25) is 0 Å². The third-order valence-electron chi connectivity index (χ3n) is 9.55. The Morgan fingerprint density at radius 1 is 0.306 bits per heavy atom. The minimum atomic E-state index is 0.381. The molecule has 8 aromatic rings. The maximum Gasteiger partial charge on any atom is 0.123 e. The Balaban J connectivity index is 0.709. The van der Waals surface area contributed by atoms with Crippen molar-refractivity contribution in [1.29, 1.82) is 0 Å². The van der Waals surface area contributed by atoms with E-state index in [9.17, 15) is 0 Å². The fourth-order valence-corrected chi connectivity index (χ4v) is 6.54. The zero-order valence-corrected chi connectivity index (χ0v) is 34.2. The molecule has 62 heavy (non-hydrogen) atoms. The normalized spacial score (nSPS) is 11.2. The molecule has 12 heteroatoms. The maximum absolute atomic E-state index is 6.06. The molecule has 0 aliphatic rings. The van der Waals surface area contributed by atoms with Crippen LogP contribution >= 0.6 is 0 Å². The highest BCUT2D eigenvalue weighted by Gasteiger charge is 2.12. The first-order valence-corrected chi connectivity index (χ1v) is 20.5. The molecule has 8 rings (SSSR count). The second-order valence-corrected chi connectivity index (χ2v) is 14.0. The van der Waals surface area contributed by atoms with Crippen LogP contribution in [0.3, 0.4) is 0 Å². The number of hydrogen-bond acceptors (Lipinski definition) is 12. The maximum atomic E-state index is 6.06. The zero-order chi connectivity index (χ0) is 42.0. The highest BCUT2D eigenvalue weighted by Crippen LogP contribution is 2.28. The summed E-state index contributed by atoms with van der Waals surface area (Å²) in [6.07, 6.45) is 6.99. The molecule has 0 aliphatic carbocycles. The van der Waals surface area contributed by atoms with Gasteiger partial charge in [-0.05, 0) is 82.6 Å². The van der Waals surface area contributed by atoms with Crippen LogP contribution in [0.4, 0.5) is 0 Å². The predicted octanol–water partition coefficient (Wildman–Crippen LogP) is 9.10. The standard InChI is InChI=1S/C50H46N6O6/c1-5-17-51-43(9-1)47-31-41(32-48(55-47)44-10-2-6-18-52-44)61-27-25-57-21-23-59-35-37-13-15-40-30-38(14-16-39(40)29-37)36-60-24-22-58-26-28-62-42-33-49(45-11-3-7-19-53-45)56-50(34-42)46-12-4-8-20-54-46/h1-20,29-34H,21-28,35-36H2. The summed E-state index contributed by atoms with van der Waals surface area (Å²) >= 11 is 0. The molecule has 6 heterocycles.